The van der Waals surface area contributed by atoms with Crippen LogP contribution in [0, 0.1) is 0 Å². The molecular weight excluding hydrogens is 222 g/mol. The summed E-state index contributed by atoms with van der Waals surface area (Å²) in [5.74, 6) is -1.08. The van der Waals surface area contributed by atoms with E-state index >= 15 is 0 Å². The van der Waals surface area contributed by atoms with Crippen molar-refractivity contribution in [2.45, 2.75) is 32.7 Å². The first-order chi connectivity index (χ1) is 8.04. The number of primary amides is 1. The molecule has 0 aliphatic heterocycles. The highest BCUT2D eigenvalue weighted by molar-refractivity contribution is 5.99. The fourth-order valence-corrected chi connectivity index (χ4v) is 1.58. The van der Waals surface area contributed by atoms with Gasteiger partial charge in [0.25, 0.3) is 0 Å². The number of rotatable bonds is 6. The molecule has 6 heteroatoms. The largest absolute Gasteiger partial charge is 0.478 e. The van der Waals surface area contributed by atoms with Crippen LogP contribution >= 0.6 is 0 Å². The molecule has 0 saturated heterocycles. The summed E-state index contributed by atoms with van der Waals surface area (Å²) in [5, 5.41) is 11.3. The fraction of sp³-hybridized carbons (Fsp3) is 0.455. The van der Waals surface area contributed by atoms with Gasteiger partial charge in [0.15, 0.2) is 0 Å². The Balaban J connectivity index is 2.80. The maximum atomic E-state index is 10.9. The van der Waals surface area contributed by atoms with Crippen molar-refractivity contribution in [3.63, 3.8) is 0 Å². The number of carbonyl (C=O) groups excluding carboxylic acids is 1. The van der Waals surface area contributed by atoms with Gasteiger partial charge in [-0.3, -0.25) is 0 Å². The van der Waals surface area contributed by atoms with Gasteiger partial charge in [-0.05, 0) is 6.42 Å². The lowest BCUT2D eigenvalue weighted by molar-refractivity contribution is 0.0698. The smallest absolute Gasteiger partial charge is 0.339 e. The average Bonchev–Trinajstić information content (AvgIpc) is 2.60. The van der Waals surface area contributed by atoms with Crippen molar-refractivity contribution in [2.75, 3.05) is 5.32 Å². The lowest BCUT2D eigenvalue weighted by atomic mass is 10.2. The number of unbranched alkanes of at least 4 members (excludes halogenated alkanes) is 2. The second kappa shape index (κ2) is 5.93. The Kier molecular flexibility index (Phi) is 4.56. The van der Waals surface area contributed by atoms with Crippen molar-refractivity contribution in [3.05, 3.63) is 18.0 Å². The molecule has 0 fully saturated rings. The Morgan fingerprint density at radius 3 is 2.65 bits per heavy atom. The zero-order chi connectivity index (χ0) is 12.8. The summed E-state index contributed by atoms with van der Waals surface area (Å²) in [6.45, 7) is 2.83. The van der Waals surface area contributed by atoms with Crippen LogP contribution in [-0.2, 0) is 6.54 Å². The molecule has 0 unspecified atom stereocenters. The van der Waals surface area contributed by atoms with Gasteiger partial charge in [-0.15, -0.1) is 0 Å². The van der Waals surface area contributed by atoms with Gasteiger partial charge in [-0.1, -0.05) is 19.8 Å². The van der Waals surface area contributed by atoms with Gasteiger partial charge in [0.2, 0.25) is 0 Å². The molecular formula is C11H17N3O3. The SMILES string of the molecule is CCCCCn1cc(NC(N)=O)c(C(=O)O)c1. The lowest BCUT2D eigenvalue weighted by Crippen LogP contribution is -2.20. The standard InChI is InChI=1S/C11H17N3O3/c1-2-3-4-5-14-6-8(10(15)16)9(7-14)13-11(12)17/h6-7H,2-5H2,1H3,(H,15,16)(H3,12,13,17). The molecule has 6 nitrogen and oxygen atoms in total. The minimum absolute atomic E-state index is 0.0558. The van der Waals surface area contributed by atoms with Crippen LogP contribution in [0.1, 0.15) is 36.5 Å². The number of aromatic carboxylic acids is 1. The third-order valence-electron chi connectivity index (χ3n) is 2.39. The average molecular weight is 239 g/mol. The number of hydrogen-bond donors (Lipinski definition) is 3. The van der Waals surface area contributed by atoms with E-state index in [2.05, 4.69) is 12.2 Å². The number of carboxylic acids is 1. The molecule has 17 heavy (non-hydrogen) atoms. The normalized spacial score (nSPS) is 10.2. The molecule has 94 valence electrons. The highest BCUT2D eigenvalue weighted by Gasteiger charge is 2.14. The number of carboxylic acid groups (broad SMARTS) is 1. The first-order valence-corrected chi connectivity index (χ1v) is 5.54. The van der Waals surface area contributed by atoms with Crippen molar-refractivity contribution in [1.29, 1.82) is 0 Å². The number of hydrogen-bond acceptors (Lipinski definition) is 2. The van der Waals surface area contributed by atoms with E-state index in [9.17, 15) is 9.59 Å². The second-order valence-electron chi connectivity index (χ2n) is 3.82. The van der Waals surface area contributed by atoms with Gasteiger partial charge >= 0.3 is 12.0 Å². The summed E-state index contributed by atoms with van der Waals surface area (Å²) < 4.78 is 1.75. The number of carbonyl (C=O) groups is 2. The van der Waals surface area contributed by atoms with E-state index in [1.165, 1.54) is 6.20 Å². The molecule has 2 amide bonds. The molecule has 0 spiro atoms. The molecule has 1 aromatic rings. The van der Waals surface area contributed by atoms with Crippen LogP contribution < -0.4 is 11.1 Å². The van der Waals surface area contributed by atoms with E-state index in [0.29, 0.717) is 0 Å². The Hall–Kier alpha value is -1.98. The van der Waals surface area contributed by atoms with Crippen molar-refractivity contribution < 1.29 is 14.7 Å². The molecule has 1 rings (SSSR count). The van der Waals surface area contributed by atoms with Crippen LogP contribution in [-0.4, -0.2) is 21.7 Å². The Morgan fingerprint density at radius 2 is 2.12 bits per heavy atom. The van der Waals surface area contributed by atoms with E-state index in [4.69, 9.17) is 10.8 Å². The van der Waals surface area contributed by atoms with Crippen LogP contribution in [0.25, 0.3) is 0 Å². The molecule has 0 radical (unpaired) electrons. The Labute approximate surface area is 99.4 Å². The number of aromatic nitrogens is 1. The number of nitrogens with one attached hydrogen (secondary N) is 1. The summed E-state index contributed by atoms with van der Waals surface area (Å²) in [5.41, 5.74) is 5.27. The third-order valence-corrected chi connectivity index (χ3v) is 2.39. The highest BCUT2D eigenvalue weighted by Crippen LogP contribution is 2.17. The molecule has 0 aliphatic carbocycles. The van der Waals surface area contributed by atoms with Crippen molar-refractivity contribution >= 4 is 17.7 Å². The number of nitrogens with zero attached hydrogens (tertiary/aromatic N) is 1. The van der Waals surface area contributed by atoms with Gasteiger partial charge in [0.1, 0.15) is 5.56 Å². The van der Waals surface area contributed by atoms with Crippen molar-refractivity contribution in [1.82, 2.24) is 4.57 Å². The van der Waals surface area contributed by atoms with Crippen LogP contribution in [0.15, 0.2) is 12.4 Å². The van der Waals surface area contributed by atoms with Gasteiger partial charge in [0.05, 0.1) is 5.69 Å². The maximum Gasteiger partial charge on any atom is 0.339 e. The number of nitrogens with two attached hydrogens (primary N) is 1. The van der Waals surface area contributed by atoms with E-state index in [1.807, 2.05) is 0 Å². The van der Waals surface area contributed by atoms with E-state index in [0.717, 1.165) is 25.8 Å². The molecule has 0 bridgehead atoms. The first-order valence-electron chi connectivity index (χ1n) is 5.54. The summed E-state index contributed by atoms with van der Waals surface area (Å²) in [6.07, 6.45) is 6.24. The summed E-state index contributed by atoms with van der Waals surface area (Å²) in [7, 11) is 0. The lowest BCUT2D eigenvalue weighted by Gasteiger charge is -2.00. The Morgan fingerprint density at radius 1 is 1.41 bits per heavy atom. The maximum absolute atomic E-state index is 10.9. The predicted molar refractivity (Wildman–Crippen MR) is 64.1 cm³/mol. The molecule has 0 saturated carbocycles. The fourth-order valence-electron chi connectivity index (χ4n) is 1.58. The molecule has 1 aromatic heterocycles. The van der Waals surface area contributed by atoms with Gasteiger partial charge in [0, 0.05) is 18.9 Å². The van der Waals surface area contributed by atoms with E-state index in [-0.39, 0.29) is 11.3 Å². The van der Waals surface area contributed by atoms with Crippen LogP contribution in [0.4, 0.5) is 10.5 Å². The number of anilines is 1. The molecule has 0 aromatic carbocycles. The minimum atomic E-state index is -1.08. The zero-order valence-electron chi connectivity index (χ0n) is 9.77. The molecule has 1 heterocycles. The quantitative estimate of drug-likeness (QED) is 0.661. The van der Waals surface area contributed by atoms with Crippen molar-refractivity contribution in [2.24, 2.45) is 5.73 Å². The van der Waals surface area contributed by atoms with Crippen molar-refractivity contribution in [3.8, 4) is 0 Å². The van der Waals surface area contributed by atoms with Crippen LogP contribution in [0.5, 0.6) is 0 Å². The van der Waals surface area contributed by atoms with Gasteiger partial charge in [-0.25, -0.2) is 9.59 Å². The van der Waals surface area contributed by atoms with Gasteiger partial charge in [-0.2, -0.15) is 0 Å². The highest BCUT2D eigenvalue weighted by atomic mass is 16.4. The molecule has 0 atom stereocenters. The van der Waals surface area contributed by atoms with E-state index < -0.39 is 12.0 Å². The molecule has 4 N–H and O–H groups in total. The van der Waals surface area contributed by atoms with Crippen LogP contribution in [0.2, 0.25) is 0 Å². The monoisotopic (exact) mass is 239 g/mol. The molecule has 0 aliphatic rings. The number of aryl methyl sites for hydroxylation is 1. The Bertz CT molecular complexity index is 412. The van der Waals surface area contributed by atoms with Crippen LogP contribution in [0.3, 0.4) is 0 Å². The topological polar surface area (TPSA) is 97.4 Å². The summed E-state index contributed by atoms with van der Waals surface area (Å²) >= 11 is 0. The third kappa shape index (κ3) is 3.82. The van der Waals surface area contributed by atoms with E-state index in [1.54, 1.807) is 10.8 Å². The number of amides is 2. The summed E-state index contributed by atoms with van der Waals surface area (Å²) in [6, 6.07) is -0.765. The predicted octanol–water partition coefficient (Wildman–Crippen LogP) is 1.87. The number of urea groups is 1. The first kappa shape index (κ1) is 13.1. The van der Waals surface area contributed by atoms with Gasteiger partial charge < -0.3 is 20.7 Å². The zero-order valence-corrected chi connectivity index (χ0v) is 9.77. The minimum Gasteiger partial charge on any atom is -0.478 e. The summed E-state index contributed by atoms with van der Waals surface area (Å²) in [4.78, 5) is 21.7. The second-order valence-corrected chi connectivity index (χ2v) is 3.82.